The lowest BCUT2D eigenvalue weighted by atomic mass is 10.2. The topological polar surface area (TPSA) is 51.8 Å². The summed E-state index contributed by atoms with van der Waals surface area (Å²) in [4.78, 5) is 8.52. The fourth-order valence-electron chi connectivity index (χ4n) is 1.05. The number of nitrogen functional groups attached to an aromatic ring is 1. The van der Waals surface area contributed by atoms with Gasteiger partial charge < -0.3 is 5.73 Å². The van der Waals surface area contributed by atoms with E-state index < -0.39 is 0 Å². The molecule has 0 atom stereocenters. The van der Waals surface area contributed by atoms with Gasteiger partial charge in [-0.1, -0.05) is 12.2 Å². The first-order valence-corrected chi connectivity index (χ1v) is 5.01. The Bertz CT molecular complexity index is 325. The minimum Gasteiger partial charge on any atom is -0.382 e. The lowest BCUT2D eigenvalue weighted by Crippen LogP contribution is -2.04. The van der Waals surface area contributed by atoms with E-state index in [2.05, 4.69) is 39.1 Å². The van der Waals surface area contributed by atoms with Crippen molar-refractivity contribution in [2.45, 2.75) is 12.8 Å². The fourth-order valence-corrected chi connectivity index (χ4v) is 1.51. The SMILES string of the molecule is C=CCc1nc(Br)c(CC=C)nc1N. The highest BCUT2D eigenvalue weighted by atomic mass is 79.9. The predicted molar refractivity (Wildman–Crippen MR) is 61.9 cm³/mol. The van der Waals surface area contributed by atoms with E-state index in [1.54, 1.807) is 12.2 Å². The van der Waals surface area contributed by atoms with Gasteiger partial charge in [-0.2, -0.15) is 0 Å². The second-order valence-corrected chi connectivity index (χ2v) is 3.53. The van der Waals surface area contributed by atoms with E-state index >= 15 is 0 Å². The Morgan fingerprint density at radius 3 is 2.29 bits per heavy atom. The smallest absolute Gasteiger partial charge is 0.145 e. The first kappa shape index (κ1) is 10.9. The molecule has 0 radical (unpaired) electrons. The van der Waals surface area contributed by atoms with Crippen LogP contribution in [0.4, 0.5) is 5.82 Å². The van der Waals surface area contributed by atoms with Crippen LogP contribution in [-0.2, 0) is 12.8 Å². The van der Waals surface area contributed by atoms with Gasteiger partial charge in [0.05, 0.1) is 11.4 Å². The summed E-state index contributed by atoms with van der Waals surface area (Å²) in [6.45, 7) is 7.27. The van der Waals surface area contributed by atoms with E-state index in [9.17, 15) is 0 Å². The molecular formula is C10H12BrN3. The quantitative estimate of drug-likeness (QED) is 0.838. The average Bonchev–Trinajstić information content (AvgIpc) is 2.14. The van der Waals surface area contributed by atoms with Crippen molar-refractivity contribution in [3.05, 3.63) is 41.3 Å². The maximum Gasteiger partial charge on any atom is 0.145 e. The molecule has 0 aliphatic heterocycles. The summed E-state index contributed by atoms with van der Waals surface area (Å²) in [6.07, 6.45) is 4.80. The zero-order valence-corrected chi connectivity index (χ0v) is 9.42. The van der Waals surface area contributed by atoms with Crippen LogP contribution in [0.1, 0.15) is 11.4 Å². The lowest BCUT2D eigenvalue weighted by molar-refractivity contribution is 0.978. The first-order chi connectivity index (χ1) is 6.69. The molecule has 0 aliphatic carbocycles. The van der Waals surface area contributed by atoms with Crippen molar-refractivity contribution >= 4 is 21.7 Å². The van der Waals surface area contributed by atoms with Crippen LogP contribution in [0.15, 0.2) is 29.9 Å². The third-order valence-electron chi connectivity index (χ3n) is 1.70. The number of hydrogen-bond donors (Lipinski definition) is 1. The molecule has 14 heavy (non-hydrogen) atoms. The summed E-state index contributed by atoms with van der Waals surface area (Å²) in [7, 11) is 0. The molecule has 74 valence electrons. The Morgan fingerprint density at radius 1 is 1.14 bits per heavy atom. The highest BCUT2D eigenvalue weighted by Crippen LogP contribution is 2.17. The maximum absolute atomic E-state index is 5.73. The molecule has 1 aromatic heterocycles. The highest BCUT2D eigenvalue weighted by molar-refractivity contribution is 9.10. The van der Waals surface area contributed by atoms with Crippen molar-refractivity contribution < 1.29 is 0 Å². The van der Waals surface area contributed by atoms with Crippen LogP contribution in [0.5, 0.6) is 0 Å². The molecule has 2 N–H and O–H groups in total. The van der Waals surface area contributed by atoms with Crippen LogP contribution >= 0.6 is 15.9 Å². The number of nitrogens with zero attached hydrogens (tertiary/aromatic N) is 2. The molecule has 0 fully saturated rings. The number of nitrogens with two attached hydrogens (primary N) is 1. The van der Waals surface area contributed by atoms with E-state index in [4.69, 9.17) is 5.73 Å². The Hall–Kier alpha value is -1.16. The Balaban J connectivity index is 3.09. The van der Waals surface area contributed by atoms with E-state index in [0.717, 1.165) is 16.0 Å². The normalized spacial score (nSPS) is 9.79. The zero-order chi connectivity index (χ0) is 10.6. The van der Waals surface area contributed by atoms with Crippen molar-refractivity contribution in [1.82, 2.24) is 9.97 Å². The van der Waals surface area contributed by atoms with Gasteiger partial charge in [-0.3, -0.25) is 0 Å². The van der Waals surface area contributed by atoms with Crippen molar-refractivity contribution in [2.24, 2.45) is 0 Å². The van der Waals surface area contributed by atoms with E-state index in [1.165, 1.54) is 0 Å². The zero-order valence-electron chi connectivity index (χ0n) is 7.83. The average molecular weight is 254 g/mol. The molecular weight excluding hydrogens is 242 g/mol. The van der Waals surface area contributed by atoms with Crippen molar-refractivity contribution in [3.63, 3.8) is 0 Å². The van der Waals surface area contributed by atoms with Gasteiger partial charge in [0.25, 0.3) is 0 Å². The summed E-state index contributed by atoms with van der Waals surface area (Å²) in [5.74, 6) is 0.463. The van der Waals surface area contributed by atoms with Gasteiger partial charge in [-0.15, -0.1) is 13.2 Å². The number of anilines is 1. The van der Waals surface area contributed by atoms with Gasteiger partial charge in [-0.25, -0.2) is 9.97 Å². The van der Waals surface area contributed by atoms with Gasteiger partial charge in [-0.05, 0) is 15.9 Å². The molecule has 0 aromatic carbocycles. The molecule has 3 nitrogen and oxygen atoms in total. The van der Waals surface area contributed by atoms with Gasteiger partial charge in [0.1, 0.15) is 10.4 Å². The highest BCUT2D eigenvalue weighted by Gasteiger charge is 2.07. The van der Waals surface area contributed by atoms with Crippen molar-refractivity contribution in [3.8, 4) is 0 Å². The molecule has 4 heteroatoms. The van der Waals surface area contributed by atoms with Crippen LogP contribution in [0.2, 0.25) is 0 Å². The molecule has 0 saturated heterocycles. The van der Waals surface area contributed by atoms with Gasteiger partial charge in [0.2, 0.25) is 0 Å². The number of allylic oxidation sites excluding steroid dienone is 2. The minimum atomic E-state index is 0.463. The molecule has 1 rings (SSSR count). The van der Waals surface area contributed by atoms with Crippen LogP contribution in [0.25, 0.3) is 0 Å². The number of hydrogen-bond acceptors (Lipinski definition) is 3. The van der Waals surface area contributed by atoms with Gasteiger partial charge in [0, 0.05) is 12.8 Å². The molecule has 0 amide bonds. The van der Waals surface area contributed by atoms with Crippen molar-refractivity contribution in [1.29, 1.82) is 0 Å². The Morgan fingerprint density at radius 2 is 1.71 bits per heavy atom. The maximum atomic E-state index is 5.73. The molecule has 1 heterocycles. The number of rotatable bonds is 4. The molecule has 0 bridgehead atoms. The molecule has 0 unspecified atom stereocenters. The van der Waals surface area contributed by atoms with Gasteiger partial charge in [0.15, 0.2) is 0 Å². The Labute approximate surface area is 91.9 Å². The Kier molecular flexibility index (Phi) is 3.83. The summed E-state index contributed by atoms with van der Waals surface area (Å²) >= 11 is 3.34. The molecule has 0 saturated carbocycles. The monoisotopic (exact) mass is 253 g/mol. The van der Waals surface area contributed by atoms with E-state index in [-0.39, 0.29) is 0 Å². The summed E-state index contributed by atoms with van der Waals surface area (Å²) in [5.41, 5.74) is 7.29. The molecule has 0 aliphatic rings. The number of halogens is 1. The van der Waals surface area contributed by atoms with E-state index in [0.29, 0.717) is 18.7 Å². The number of aromatic nitrogens is 2. The lowest BCUT2D eigenvalue weighted by Gasteiger charge is -2.05. The minimum absolute atomic E-state index is 0.463. The summed E-state index contributed by atoms with van der Waals surface area (Å²) in [6, 6.07) is 0. The fraction of sp³-hybridized carbons (Fsp3) is 0.200. The van der Waals surface area contributed by atoms with Crippen LogP contribution in [-0.4, -0.2) is 9.97 Å². The van der Waals surface area contributed by atoms with Crippen LogP contribution in [0, 0.1) is 0 Å². The third kappa shape index (κ3) is 2.42. The second kappa shape index (κ2) is 4.91. The first-order valence-electron chi connectivity index (χ1n) is 4.21. The van der Waals surface area contributed by atoms with Crippen LogP contribution in [0.3, 0.4) is 0 Å². The predicted octanol–water partition coefficient (Wildman–Crippen LogP) is 2.28. The second-order valence-electron chi connectivity index (χ2n) is 2.78. The van der Waals surface area contributed by atoms with E-state index in [1.807, 2.05) is 0 Å². The summed E-state index contributed by atoms with van der Waals surface area (Å²) in [5, 5.41) is 0. The van der Waals surface area contributed by atoms with Gasteiger partial charge >= 0.3 is 0 Å². The third-order valence-corrected chi connectivity index (χ3v) is 2.33. The van der Waals surface area contributed by atoms with Crippen molar-refractivity contribution in [2.75, 3.05) is 5.73 Å². The van der Waals surface area contributed by atoms with Crippen LogP contribution < -0.4 is 5.73 Å². The standard InChI is InChI=1S/C10H12BrN3/c1-3-5-7-9(11)13-8(6-4-2)10(12)14-7/h3-4H,1-2,5-6H2,(H2,12,14). The summed E-state index contributed by atoms with van der Waals surface area (Å²) < 4.78 is 0.725. The molecule has 1 aromatic rings. The molecule has 0 spiro atoms. The largest absolute Gasteiger partial charge is 0.382 e.